The number of hydrogen-bond donors (Lipinski definition) is 0. The van der Waals surface area contributed by atoms with Crippen LogP contribution in [0.5, 0.6) is 5.75 Å². The summed E-state index contributed by atoms with van der Waals surface area (Å²) in [6.45, 7) is 1.42. The van der Waals surface area contributed by atoms with Crippen molar-refractivity contribution >= 4 is 28.4 Å². The van der Waals surface area contributed by atoms with Crippen molar-refractivity contribution in [1.82, 2.24) is 0 Å². The highest BCUT2D eigenvalue weighted by Gasteiger charge is 2.14. The summed E-state index contributed by atoms with van der Waals surface area (Å²) in [5.41, 5.74) is 0.719. The van der Waals surface area contributed by atoms with Crippen molar-refractivity contribution in [3.05, 3.63) is 26.8 Å². The van der Waals surface area contributed by atoms with Gasteiger partial charge in [-0.3, -0.25) is 4.79 Å². The number of nitrogens with zero attached hydrogens (tertiary/aromatic N) is 1. The van der Waals surface area contributed by atoms with Gasteiger partial charge in [0.15, 0.2) is 5.78 Å². The number of ketones is 1. The van der Waals surface area contributed by atoms with Crippen LogP contribution in [0.2, 0.25) is 0 Å². The van der Waals surface area contributed by atoms with Crippen molar-refractivity contribution in [1.29, 1.82) is 5.26 Å². The monoisotopic (exact) mass is 301 g/mol. The maximum Gasteiger partial charge on any atom is 0.164 e. The van der Waals surface area contributed by atoms with Crippen LogP contribution in [0, 0.1) is 14.9 Å². The molecule has 0 atom stereocenters. The molecule has 1 rings (SSSR count). The molecule has 0 aliphatic heterocycles. The Bertz CT molecular complexity index is 421. The molecule has 72 valence electrons. The summed E-state index contributed by atoms with van der Waals surface area (Å²) in [5, 5.41) is 8.85. The average Bonchev–Trinajstić information content (AvgIpc) is 2.15. The number of Topliss-reactive ketones (excluding diaryl/α,β-unsaturated/α-hetero) is 1. The van der Waals surface area contributed by atoms with Crippen LogP contribution in [0.15, 0.2) is 12.1 Å². The van der Waals surface area contributed by atoms with E-state index in [1.54, 1.807) is 12.1 Å². The second-order valence-electron chi connectivity index (χ2n) is 2.70. The second kappa shape index (κ2) is 4.42. The minimum Gasteiger partial charge on any atom is -0.496 e. The van der Waals surface area contributed by atoms with Gasteiger partial charge in [-0.1, -0.05) is 0 Å². The van der Waals surface area contributed by atoms with Crippen LogP contribution < -0.4 is 4.74 Å². The summed E-state index contributed by atoms with van der Waals surface area (Å²) < 4.78 is 5.93. The van der Waals surface area contributed by atoms with Gasteiger partial charge in [0.05, 0.1) is 18.2 Å². The van der Waals surface area contributed by atoms with Crippen molar-refractivity contribution in [2.45, 2.75) is 6.92 Å². The first kappa shape index (κ1) is 11.0. The highest BCUT2D eigenvalue weighted by atomic mass is 127. The fourth-order valence-corrected chi connectivity index (χ4v) is 1.79. The average molecular weight is 301 g/mol. The molecule has 0 amide bonds. The number of methoxy groups -OCH3 is 1. The van der Waals surface area contributed by atoms with Gasteiger partial charge in [-0.15, -0.1) is 0 Å². The lowest BCUT2D eigenvalue weighted by molar-refractivity contribution is 0.101. The molecule has 0 aliphatic rings. The Kier molecular flexibility index (Phi) is 3.47. The summed E-state index contributed by atoms with van der Waals surface area (Å²) in [4.78, 5) is 11.3. The van der Waals surface area contributed by atoms with Gasteiger partial charge in [0.25, 0.3) is 0 Å². The molecule has 0 N–H and O–H groups in total. The quantitative estimate of drug-likeness (QED) is 0.622. The maximum atomic E-state index is 11.3. The van der Waals surface area contributed by atoms with Crippen LogP contribution in [0.3, 0.4) is 0 Å². The number of rotatable bonds is 2. The van der Waals surface area contributed by atoms with Gasteiger partial charge >= 0.3 is 0 Å². The lowest BCUT2D eigenvalue weighted by atomic mass is 10.0. The molecule has 0 unspecified atom stereocenters. The Balaban J connectivity index is 3.50. The van der Waals surface area contributed by atoms with Crippen molar-refractivity contribution in [3.63, 3.8) is 0 Å². The third-order valence-electron chi connectivity index (χ3n) is 1.76. The zero-order chi connectivity index (χ0) is 10.7. The van der Waals surface area contributed by atoms with E-state index in [-0.39, 0.29) is 5.78 Å². The maximum absolute atomic E-state index is 11.3. The van der Waals surface area contributed by atoms with E-state index in [0.29, 0.717) is 16.9 Å². The van der Waals surface area contributed by atoms with Gasteiger partial charge in [-0.2, -0.15) is 5.26 Å². The van der Waals surface area contributed by atoms with Crippen LogP contribution >= 0.6 is 22.6 Å². The van der Waals surface area contributed by atoms with Crippen LogP contribution in [0.4, 0.5) is 0 Å². The molecule has 0 bridgehead atoms. The molecule has 0 fully saturated rings. The van der Waals surface area contributed by atoms with E-state index in [9.17, 15) is 4.79 Å². The smallest absolute Gasteiger partial charge is 0.164 e. The molecule has 1 aromatic rings. The van der Waals surface area contributed by atoms with Crippen LogP contribution in [0.1, 0.15) is 22.8 Å². The summed E-state index contributed by atoms with van der Waals surface area (Å²) in [6.07, 6.45) is 0. The van der Waals surface area contributed by atoms with E-state index in [2.05, 4.69) is 22.6 Å². The fourth-order valence-electron chi connectivity index (χ4n) is 1.19. The Morgan fingerprint density at radius 3 is 2.64 bits per heavy atom. The molecule has 0 heterocycles. The van der Waals surface area contributed by atoms with Crippen LogP contribution in [-0.2, 0) is 0 Å². The summed E-state index contributed by atoms with van der Waals surface area (Å²) >= 11 is 2.08. The molecule has 3 nitrogen and oxygen atoms in total. The van der Waals surface area contributed by atoms with E-state index in [0.717, 1.165) is 3.57 Å². The summed E-state index contributed by atoms with van der Waals surface area (Å²) in [6, 6.07) is 5.39. The van der Waals surface area contributed by atoms with E-state index in [1.807, 2.05) is 6.07 Å². The Hall–Kier alpha value is -1.09. The summed E-state index contributed by atoms with van der Waals surface area (Å²) in [5.74, 6) is 0.302. The van der Waals surface area contributed by atoms with Gasteiger partial charge in [-0.25, -0.2) is 0 Å². The van der Waals surface area contributed by atoms with Gasteiger partial charge in [0.1, 0.15) is 11.8 Å². The zero-order valence-electron chi connectivity index (χ0n) is 7.80. The van der Waals surface area contributed by atoms with Crippen molar-refractivity contribution in [2.75, 3.05) is 7.11 Å². The third-order valence-corrected chi connectivity index (χ3v) is 2.38. The molecule has 0 radical (unpaired) electrons. The first-order valence-electron chi connectivity index (χ1n) is 3.88. The molecule has 0 saturated carbocycles. The van der Waals surface area contributed by atoms with Gasteiger partial charge < -0.3 is 4.74 Å². The van der Waals surface area contributed by atoms with Crippen molar-refractivity contribution in [3.8, 4) is 11.8 Å². The molecule has 0 aliphatic carbocycles. The first-order chi connectivity index (χ1) is 6.60. The van der Waals surface area contributed by atoms with E-state index in [4.69, 9.17) is 10.00 Å². The number of hydrogen-bond acceptors (Lipinski definition) is 3. The predicted molar refractivity (Wildman–Crippen MR) is 60.4 cm³/mol. The predicted octanol–water partition coefficient (Wildman–Crippen LogP) is 2.37. The van der Waals surface area contributed by atoms with E-state index < -0.39 is 0 Å². The highest BCUT2D eigenvalue weighted by molar-refractivity contribution is 14.1. The number of halogens is 1. The minimum absolute atomic E-state index is 0.158. The molecule has 1 aromatic carbocycles. The van der Waals surface area contributed by atoms with Crippen molar-refractivity contribution < 1.29 is 9.53 Å². The molecular formula is C10H8INO2. The molecular weight excluding hydrogens is 293 g/mol. The zero-order valence-corrected chi connectivity index (χ0v) is 9.95. The van der Waals surface area contributed by atoms with Gasteiger partial charge in [0.2, 0.25) is 0 Å². The number of ether oxygens (including phenoxy) is 1. The Morgan fingerprint density at radius 2 is 2.21 bits per heavy atom. The third kappa shape index (κ3) is 2.04. The minimum atomic E-state index is -0.158. The topological polar surface area (TPSA) is 50.1 Å². The molecule has 0 spiro atoms. The van der Waals surface area contributed by atoms with Gasteiger partial charge in [0, 0.05) is 3.57 Å². The second-order valence-corrected chi connectivity index (χ2v) is 3.94. The van der Waals surface area contributed by atoms with E-state index in [1.165, 1.54) is 14.0 Å². The summed E-state index contributed by atoms with van der Waals surface area (Å²) in [7, 11) is 1.49. The Labute approximate surface area is 95.8 Å². The number of carbonyl (C=O) groups excluding carboxylic acids is 1. The SMILES string of the molecule is COc1cc(I)cc(C#N)c1C(C)=O. The number of benzene rings is 1. The van der Waals surface area contributed by atoms with Gasteiger partial charge in [-0.05, 0) is 41.6 Å². The molecule has 0 aromatic heterocycles. The lowest BCUT2D eigenvalue weighted by Crippen LogP contribution is -2.01. The van der Waals surface area contributed by atoms with E-state index >= 15 is 0 Å². The molecule has 4 heteroatoms. The molecule has 14 heavy (non-hydrogen) atoms. The largest absolute Gasteiger partial charge is 0.496 e. The van der Waals surface area contributed by atoms with Crippen molar-refractivity contribution in [2.24, 2.45) is 0 Å². The molecule has 0 saturated heterocycles. The Morgan fingerprint density at radius 1 is 1.57 bits per heavy atom. The number of nitriles is 1. The van der Waals surface area contributed by atoms with Crippen LogP contribution in [0.25, 0.3) is 0 Å². The fraction of sp³-hybridized carbons (Fsp3) is 0.200. The number of carbonyl (C=O) groups is 1. The first-order valence-corrected chi connectivity index (χ1v) is 4.96. The van der Waals surface area contributed by atoms with Crippen LogP contribution in [-0.4, -0.2) is 12.9 Å². The normalized spacial score (nSPS) is 9.29. The lowest BCUT2D eigenvalue weighted by Gasteiger charge is -2.07. The standard InChI is InChI=1S/C10H8INO2/c1-6(13)10-7(5-12)3-8(11)4-9(10)14-2/h3-4H,1-2H3. The highest BCUT2D eigenvalue weighted by Crippen LogP contribution is 2.25.